The van der Waals surface area contributed by atoms with Crippen LogP contribution in [-0.2, 0) is 4.74 Å². The lowest BCUT2D eigenvalue weighted by Gasteiger charge is -2.50. The third-order valence-electron chi connectivity index (χ3n) is 6.56. The lowest BCUT2D eigenvalue weighted by atomic mass is 9.68. The SMILES string of the molecule is C\C=C/C(SC1=C(N)NC(N2CCC3(CC2)COCC(C)C3N)C=N1)=C(Cl)\C(N)=C/CC. The van der Waals surface area contributed by atoms with Crippen molar-refractivity contribution in [2.75, 3.05) is 26.3 Å². The lowest BCUT2D eigenvalue weighted by molar-refractivity contribution is -0.0840. The molecule has 3 heterocycles. The minimum Gasteiger partial charge on any atom is -0.398 e. The van der Waals surface area contributed by atoms with Crippen molar-refractivity contribution >= 4 is 29.6 Å². The minimum atomic E-state index is -0.0375. The summed E-state index contributed by atoms with van der Waals surface area (Å²) in [5, 5.41) is 4.59. The van der Waals surface area contributed by atoms with Gasteiger partial charge in [-0.2, -0.15) is 0 Å². The number of likely N-dealkylation sites (tertiary alicyclic amines) is 1. The molecular formula is C23H37ClN6OS. The van der Waals surface area contributed by atoms with Crippen LogP contribution in [0, 0.1) is 11.3 Å². The number of ether oxygens (including phenoxy) is 1. The number of allylic oxidation sites excluding steroid dienone is 4. The average molecular weight is 481 g/mol. The van der Waals surface area contributed by atoms with Gasteiger partial charge < -0.3 is 27.3 Å². The summed E-state index contributed by atoms with van der Waals surface area (Å²) in [5.41, 5.74) is 19.7. The molecule has 0 aromatic heterocycles. The molecule has 178 valence electrons. The topological polar surface area (TPSA) is 115 Å². The maximum Gasteiger partial charge on any atom is 0.140 e. The second-order valence-electron chi connectivity index (χ2n) is 8.85. The molecule has 3 aliphatic rings. The fourth-order valence-electron chi connectivity index (χ4n) is 4.57. The van der Waals surface area contributed by atoms with Gasteiger partial charge in [0.1, 0.15) is 17.0 Å². The Balaban J connectivity index is 1.65. The fraction of sp³-hybridized carbons (Fsp3) is 0.609. The molecule has 3 rings (SSSR count). The van der Waals surface area contributed by atoms with Crippen LogP contribution in [0.15, 0.2) is 49.7 Å². The van der Waals surface area contributed by atoms with E-state index in [-0.39, 0.29) is 17.6 Å². The normalized spacial score (nSPS) is 30.0. The second kappa shape index (κ2) is 11.1. The molecule has 3 unspecified atom stereocenters. The summed E-state index contributed by atoms with van der Waals surface area (Å²) >= 11 is 7.93. The number of rotatable bonds is 6. The highest BCUT2D eigenvalue weighted by molar-refractivity contribution is 8.07. The molecule has 7 nitrogen and oxygen atoms in total. The Morgan fingerprint density at radius 2 is 2.16 bits per heavy atom. The van der Waals surface area contributed by atoms with Crippen molar-refractivity contribution in [1.82, 2.24) is 10.2 Å². The van der Waals surface area contributed by atoms with Crippen LogP contribution in [0.1, 0.15) is 40.0 Å². The summed E-state index contributed by atoms with van der Waals surface area (Å²) in [5.74, 6) is 0.939. The van der Waals surface area contributed by atoms with Crippen molar-refractivity contribution in [3.05, 3.63) is 44.7 Å². The van der Waals surface area contributed by atoms with Crippen LogP contribution in [-0.4, -0.2) is 49.6 Å². The quantitative estimate of drug-likeness (QED) is 0.431. The third kappa shape index (κ3) is 5.54. The van der Waals surface area contributed by atoms with Gasteiger partial charge in [-0.3, -0.25) is 4.90 Å². The number of hydrogen-bond donors (Lipinski definition) is 4. The summed E-state index contributed by atoms with van der Waals surface area (Å²) in [7, 11) is 0. The van der Waals surface area contributed by atoms with Gasteiger partial charge in [0.15, 0.2) is 0 Å². The van der Waals surface area contributed by atoms with Gasteiger partial charge in [0.2, 0.25) is 0 Å². The van der Waals surface area contributed by atoms with Crippen molar-refractivity contribution in [3.63, 3.8) is 0 Å². The van der Waals surface area contributed by atoms with Gasteiger partial charge in [-0.05, 0) is 32.1 Å². The standard InChI is InChI=1S/C23H37ClN6OS/c1-4-6-16(25)19(24)17(7-5-2)32-22-21(27)29-18(12-28-22)30-10-8-23(9-11-30)14-31-13-15(3)20(23)26/h5-7,12,15,18,20,29H,4,8-11,13-14,25-27H2,1-3H3/b7-5-,16-6+,19-17-. The molecule has 0 aromatic rings. The van der Waals surface area contributed by atoms with Gasteiger partial charge >= 0.3 is 0 Å². The predicted molar refractivity (Wildman–Crippen MR) is 136 cm³/mol. The van der Waals surface area contributed by atoms with Crippen LogP contribution in [0.25, 0.3) is 0 Å². The van der Waals surface area contributed by atoms with Crippen LogP contribution in [0.3, 0.4) is 0 Å². The van der Waals surface area contributed by atoms with E-state index in [1.54, 1.807) is 0 Å². The number of nitrogens with two attached hydrogens (primary N) is 3. The molecule has 0 aliphatic carbocycles. The van der Waals surface area contributed by atoms with Gasteiger partial charge in [0.05, 0.1) is 18.2 Å². The largest absolute Gasteiger partial charge is 0.398 e. The second-order valence-corrected chi connectivity index (χ2v) is 10.3. The summed E-state index contributed by atoms with van der Waals surface area (Å²) in [4.78, 5) is 7.84. The lowest BCUT2D eigenvalue weighted by Crippen LogP contribution is -2.60. The number of aliphatic imine (C=N–C) groups is 1. The van der Waals surface area contributed by atoms with Crippen molar-refractivity contribution in [1.29, 1.82) is 0 Å². The van der Waals surface area contributed by atoms with E-state index in [0.717, 1.165) is 50.5 Å². The molecule has 0 aromatic carbocycles. The molecule has 2 fully saturated rings. The highest BCUT2D eigenvalue weighted by atomic mass is 35.5. The fourth-order valence-corrected chi connectivity index (χ4v) is 5.73. The van der Waals surface area contributed by atoms with E-state index in [2.05, 4.69) is 22.1 Å². The summed E-state index contributed by atoms with van der Waals surface area (Å²) in [6.45, 7) is 9.53. The van der Waals surface area contributed by atoms with Gasteiger partial charge in [-0.1, -0.05) is 55.4 Å². The summed E-state index contributed by atoms with van der Waals surface area (Å²) in [6.07, 6.45) is 10.5. The molecule has 0 radical (unpaired) electrons. The zero-order valence-electron chi connectivity index (χ0n) is 19.3. The Bertz CT molecular complexity index is 828. The Morgan fingerprint density at radius 3 is 2.78 bits per heavy atom. The first-order valence-electron chi connectivity index (χ1n) is 11.4. The monoisotopic (exact) mass is 480 g/mol. The van der Waals surface area contributed by atoms with Crippen LogP contribution < -0.4 is 22.5 Å². The van der Waals surface area contributed by atoms with Crippen molar-refractivity contribution < 1.29 is 4.74 Å². The van der Waals surface area contributed by atoms with Crippen LogP contribution in [0.2, 0.25) is 0 Å². The predicted octanol–water partition coefficient (Wildman–Crippen LogP) is 3.16. The number of halogens is 1. The van der Waals surface area contributed by atoms with Gasteiger partial charge in [0.25, 0.3) is 0 Å². The summed E-state index contributed by atoms with van der Waals surface area (Å²) < 4.78 is 5.86. The molecule has 0 bridgehead atoms. The van der Waals surface area contributed by atoms with E-state index in [4.69, 9.17) is 33.5 Å². The molecule has 0 saturated carbocycles. The number of thioether (sulfide) groups is 1. The minimum absolute atomic E-state index is 0.0375. The van der Waals surface area contributed by atoms with Gasteiger partial charge in [-0.25, -0.2) is 4.99 Å². The molecule has 9 heteroatoms. The Morgan fingerprint density at radius 1 is 1.44 bits per heavy atom. The maximum absolute atomic E-state index is 6.58. The van der Waals surface area contributed by atoms with Crippen LogP contribution >= 0.6 is 23.4 Å². The van der Waals surface area contributed by atoms with E-state index in [9.17, 15) is 0 Å². The molecule has 3 aliphatic heterocycles. The van der Waals surface area contributed by atoms with Gasteiger partial charge in [-0.15, -0.1) is 0 Å². The van der Waals surface area contributed by atoms with Gasteiger partial charge in [0, 0.05) is 41.4 Å². The number of piperidine rings is 1. The highest BCUT2D eigenvalue weighted by Gasteiger charge is 2.45. The zero-order valence-corrected chi connectivity index (χ0v) is 20.9. The average Bonchev–Trinajstić information content (AvgIpc) is 2.78. The first kappa shape index (κ1) is 25.2. The smallest absolute Gasteiger partial charge is 0.140 e. The van der Waals surface area contributed by atoms with Crippen molar-refractivity contribution in [2.24, 2.45) is 33.5 Å². The molecule has 3 atom stereocenters. The Hall–Kier alpha value is -1.45. The molecule has 1 spiro atoms. The highest BCUT2D eigenvalue weighted by Crippen LogP contribution is 2.41. The maximum atomic E-state index is 6.58. The molecule has 0 amide bonds. The van der Waals surface area contributed by atoms with E-state index < -0.39 is 0 Å². The van der Waals surface area contributed by atoms with Crippen LogP contribution in [0.5, 0.6) is 0 Å². The summed E-state index contributed by atoms with van der Waals surface area (Å²) in [6, 6.07) is 0.190. The van der Waals surface area contributed by atoms with E-state index in [0.29, 0.717) is 27.5 Å². The molecule has 7 N–H and O–H groups in total. The Labute approximate surface area is 201 Å². The first-order valence-corrected chi connectivity index (χ1v) is 12.5. The third-order valence-corrected chi connectivity index (χ3v) is 8.18. The van der Waals surface area contributed by atoms with Crippen LogP contribution in [0.4, 0.5) is 0 Å². The number of nitrogens with zero attached hydrogens (tertiary/aromatic N) is 2. The van der Waals surface area contributed by atoms with E-state index in [1.165, 1.54) is 11.8 Å². The van der Waals surface area contributed by atoms with Crippen molar-refractivity contribution in [2.45, 2.75) is 52.2 Å². The number of nitrogens with one attached hydrogen (secondary N) is 1. The Kier molecular flexibility index (Phi) is 8.75. The van der Waals surface area contributed by atoms with E-state index >= 15 is 0 Å². The molecular weight excluding hydrogens is 444 g/mol. The molecule has 32 heavy (non-hydrogen) atoms. The number of hydrogen-bond acceptors (Lipinski definition) is 8. The van der Waals surface area contributed by atoms with E-state index in [1.807, 2.05) is 38.3 Å². The zero-order chi connectivity index (χ0) is 23.3. The van der Waals surface area contributed by atoms with Crippen molar-refractivity contribution in [3.8, 4) is 0 Å². The molecule has 2 saturated heterocycles. The first-order chi connectivity index (χ1) is 15.3.